The monoisotopic (exact) mass is 360 g/mol. The molecule has 2 heterocycles. The number of carboxylic acid groups (broad SMARTS) is 1. The van der Waals surface area contributed by atoms with Gasteiger partial charge in [0.25, 0.3) is 0 Å². The molecule has 7 nitrogen and oxygen atoms in total. The van der Waals surface area contributed by atoms with Crippen molar-refractivity contribution in [3.8, 4) is 0 Å². The van der Waals surface area contributed by atoms with Crippen LogP contribution in [0.5, 0.6) is 0 Å². The number of amides is 2. The number of rotatable bonds is 2. The molecule has 1 aromatic carbocycles. The fraction of sp³-hybridized carbons (Fsp3) is 0.579. The molecule has 0 unspecified atom stereocenters. The van der Waals surface area contributed by atoms with Crippen LogP contribution in [-0.4, -0.2) is 42.3 Å². The average molecular weight is 360 g/mol. The van der Waals surface area contributed by atoms with Gasteiger partial charge in [-0.25, -0.2) is 4.79 Å². The van der Waals surface area contributed by atoms with Gasteiger partial charge in [0.2, 0.25) is 5.91 Å². The molecular weight excluding hydrogens is 332 g/mol. The molecule has 3 atom stereocenters. The SMILES string of the molecule is CC(=O)N1c2ccc(N3CCC(NC(=O)O)CC3)cc2[C@H](N)[C@@H](C)[C@@H]1C. The highest BCUT2D eigenvalue weighted by atomic mass is 16.4. The number of anilines is 2. The lowest BCUT2D eigenvalue weighted by molar-refractivity contribution is -0.117. The van der Waals surface area contributed by atoms with E-state index in [0.29, 0.717) is 0 Å². The Kier molecular flexibility index (Phi) is 5.09. The Balaban J connectivity index is 1.83. The first kappa shape index (κ1) is 18.5. The third kappa shape index (κ3) is 3.35. The summed E-state index contributed by atoms with van der Waals surface area (Å²) in [5.41, 5.74) is 9.48. The number of nitrogens with two attached hydrogens (primary N) is 1. The van der Waals surface area contributed by atoms with Crippen LogP contribution in [0.4, 0.5) is 16.2 Å². The number of carbonyl (C=O) groups is 2. The van der Waals surface area contributed by atoms with Crippen LogP contribution < -0.4 is 20.9 Å². The largest absolute Gasteiger partial charge is 0.465 e. The molecule has 2 aliphatic heterocycles. The number of carbonyl (C=O) groups excluding carboxylic acids is 1. The number of nitrogens with zero attached hydrogens (tertiary/aromatic N) is 2. The highest BCUT2D eigenvalue weighted by molar-refractivity contribution is 5.94. The van der Waals surface area contributed by atoms with Crippen molar-refractivity contribution >= 4 is 23.4 Å². The molecule has 0 radical (unpaired) electrons. The summed E-state index contributed by atoms with van der Waals surface area (Å²) in [6.45, 7) is 7.31. The second-order valence-corrected chi connectivity index (χ2v) is 7.47. The maximum atomic E-state index is 12.2. The predicted molar refractivity (Wildman–Crippen MR) is 102 cm³/mol. The number of hydrogen-bond donors (Lipinski definition) is 3. The molecule has 0 spiro atoms. The lowest BCUT2D eigenvalue weighted by Crippen LogP contribution is -2.49. The van der Waals surface area contributed by atoms with Crippen molar-refractivity contribution in [3.63, 3.8) is 0 Å². The van der Waals surface area contributed by atoms with E-state index in [4.69, 9.17) is 10.8 Å². The maximum Gasteiger partial charge on any atom is 0.404 e. The summed E-state index contributed by atoms with van der Waals surface area (Å²) in [6, 6.07) is 6.10. The minimum Gasteiger partial charge on any atom is -0.465 e. The molecule has 3 rings (SSSR count). The van der Waals surface area contributed by atoms with E-state index >= 15 is 0 Å². The van der Waals surface area contributed by atoms with Crippen LogP contribution in [0.2, 0.25) is 0 Å². The van der Waals surface area contributed by atoms with Gasteiger partial charge in [-0.1, -0.05) is 6.92 Å². The number of benzene rings is 1. The normalized spacial score (nSPS) is 26.4. The van der Waals surface area contributed by atoms with E-state index in [1.54, 1.807) is 6.92 Å². The first-order valence-electron chi connectivity index (χ1n) is 9.23. The van der Waals surface area contributed by atoms with E-state index in [1.165, 1.54) is 0 Å². The van der Waals surface area contributed by atoms with E-state index in [-0.39, 0.29) is 30.0 Å². The minimum atomic E-state index is -0.962. The Bertz CT molecular complexity index is 700. The molecule has 26 heavy (non-hydrogen) atoms. The summed E-state index contributed by atoms with van der Waals surface area (Å²) in [5, 5.41) is 11.4. The van der Waals surface area contributed by atoms with Gasteiger partial charge in [0, 0.05) is 49.5 Å². The van der Waals surface area contributed by atoms with Gasteiger partial charge in [0.05, 0.1) is 0 Å². The number of nitrogens with one attached hydrogen (secondary N) is 1. The summed E-state index contributed by atoms with van der Waals surface area (Å²) in [6.07, 6.45) is 0.598. The van der Waals surface area contributed by atoms with E-state index < -0.39 is 6.09 Å². The zero-order valence-electron chi connectivity index (χ0n) is 15.6. The van der Waals surface area contributed by atoms with Crippen molar-refractivity contribution in [3.05, 3.63) is 23.8 Å². The number of hydrogen-bond acceptors (Lipinski definition) is 4. The third-order valence-electron chi connectivity index (χ3n) is 5.89. The lowest BCUT2D eigenvalue weighted by Gasteiger charge is -2.43. The van der Waals surface area contributed by atoms with Gasteiger partial charge >= 0.3 is 6.09 Å². The Hall–Kier alpha value is -2.28. The van der Waals surface area contributed by atoms with Crippen LogP contribution >= 0.6 is 0 Å². The van der Waals surface area contributed by atoms with E-state index in [9.17, 15) is 9.59 Å². The smallest absolute Gasteiger partial charge is 0.404 e. The molecule has 2 amide bonds. The molecule has 0 saturated carbocycles. The maximum absolute atomic E-state index is 12.2. The number of fused-ring (bicyclic) bond motifs is 1. The molecule has 142 valence electrons. The van der Waals surface area contributed by atoms with E-state index in [0.717, 1.165) is 42.9 Å². The van der Waals surface area contributed by atoms with Crippen molar-refractivity contribution in [2.45, 2.75) is 51.7 Å². The van der Waals surface area contributed by atoms with E-state index in [1.807, 2.05) is 24.0 Å². The summed E-state index contributed by atoms with van der Waals surface area (Å²) in [4.78, 5) is 27.0. The highest BCUT2D eigenvalue weighted by Crippen LogP contribution is 2.41. The second-order valence-electron chi connectivity index (χ2n) is 7.47. The van der Waals surface area contributed by atoms with Crippen molar-refractivity contribution in [1.29, 1.82) is 0 Å². The van der Waals surface area contributed by atoms with Crippen LogP contribution in [0.15, 0.2) is 18.2 Å². The van der Waals surface area contributed by atoms with Gasteiger partial charge < -0.3 is 26.0 Å². The minimum absolute atomic E-state index is 0.0118. The fourth-order valence-corrected chi connectivity index (χ4v) is 4.18. The average Bonchev–Trinajstić information content (AvgIpc) is 2.59. The van der Waals surface area contributed by atoms with Gasteiger partial charge in [-0.3, -0.25) is 4.79 Å². The molecule has 2 aliphatic rings. The third-order valence-corrected chi connectivity index (χ3v) is 5.89. The topological polar surface area (TPSA) is 98.9 Å². The first-order valence-corrected chi connectivity index (χ1v) is 9.23. The summed E-state index contributed by atoms with van der Waals surface area (Å²) >= 11 is 0. The zero-order chi connectivity index (χ0) is 19.0. The van der Waals surface area contributed by atoms with Gasteiger partial charge in [-0.15, -0.1) is 0 Å². The Morgan fingerprint density at radius 3 is 2.46 bits per heavy atom. The highest BCUT2D eigenvalue weighted by Gasteiger charge is 2.36. The van der Waals surface area contributed by atoms with Crippen molar-refractivity contribution in [2.24, 2.45) is 11.7 Å². The van der Waals surface area contributed by atoms with Crippen molar-refractivity contribution < 1.29 is 14.7 Å². The summed E-state index contributed by atoms with van der Waals surface area (Å²) in [5.74, 6) is 0.206. The molecule has 0 bridgehead atoms. The fourth-order valence-electron chi connectivity index (χ4n) is 4.18. The lowest BCUT2D eigenvalue weighted by atomic mass is 9.83. The molecule has 1 aromatic rings. The Morgan fingerprint density at radius 1 is 1.23 bits per heavy atom. The predicted octanol–water partition coefficient (Wildman–Crippen LogP) is 2.31. The molecule has 7 heteroatoms. The van der Waals surface area contributed by atoms with E-state index in [2.05, 4.69) is 23.2 Å². The molecule has 0 aliphatic carbocycles. The number of piperidine rings is 1. The van der Waals surface area contributed by atoms with Gasteiger partial charge in [-0.2, -0.15) is 0 Å². The molecule has 0 aromatic heterocycles. The van der Waals surface area contributed by atoms with Crippen LogP contribution in [0, 0.1) is 5.92 Å². The molecule has 1 fully saturated rings. The summed E-state index contributed by atoms with van der Waals surface area (Å²) < 4.78 is 0. The first-order chi connectivity index (χ1) is 12.3. The molecular formula is C19H28N4O3. The van der Waals surface area contributed by atoms with Gasteiger partial charge in [0.1, 0.15) is 0 Å². The quantitative estimate of drug-likeness (QED) is 0.752. The van der Waals surface area contributed by atoms with Crippen LogP contribution in [-0.2, 0) is 4.79 Å². The zero-order valence-corrected chi connectivity index (χ0v) is 15.6. The van der Waals surface area contributed by atoms with Crippen LogP contribution in [0.3, 0.4) is 0 Å². The van der Waals surface area contributed by atoms with Gasteiger partial charge in [-0.05, 0) is 49.4 Å². The standard InChI is InChI=1S/C19H28N4O3/c1-11-12(2)23(13(3)24)17-5-4-15(10-16(17)18(11)20)22-8-6-14(7-9-22)21-19(25)26/h4-5,10-12,14,18,21H,6-9,20H2,1-3H3,(H,25,26)/t11-,12-,18+/m0/s1. The second kappa shape index (κ2) is 7.15. The molecule has 1 saturated heterocycles. The molecule has 4 N–H and O–H groups in total. The summed E-state index contributed by atoms with van der Waals surface area (Å²) in [7, 11) is 0. The Morgan fingerprint density at radius 2 is 1.88 bits per heavy atom. The Labute approximate surface area is 154 Å². The van der Waals surface area contributed by atoms with Crippen LogP contribution in [0.25, 0.3) is 0 Å². The van der Waals surface area contributed by atoms with Crippen molar-refractivity contribution in [2.75, 3.05) is 22.9 Å². The van der Waals surface area contributed by atoms with Gasteiger partial charge in [0.15, 0.2) is 0 Å². The van der Waals surface area contributed by atoms with Crippen LogP contribution in [0.1, 0.15) is 45.2 Å². The van der Waals surface area contributed by atoms with Crippen molar-refractivity contribution in [1.82, 2.24) is 5.32 Å².